The molecule has 0 saturated heterocycles. The Kier molecular flexibility index (Phi) is 6.18. The Morgan fingerprint density at radius 1 is 0.385 bits per heavy atom. The lowest BCUT2D eigenvalue weighted by Crippen LogP contribution is -2.04. The lowest BCUT2D eigenvalue weighted by Gasteiger charge is -2.18. The van der Waals surface area contributed by atoms with Gasteiger partial charge in [0.1, 0.15) is 11.5 Å². The van der Waals surface area contributed by atoms with Crippen LogP contribution in [0.15, 0.2) is 170 Å². The third kappa shape index (κ3) is 4.33. The summed E-state index contributed by atoms with van der Waals surface area (Å²) in [5, 5.41) is 6.82. The van der Waals surface area contributed by atoms with Crippen LogP contribution in [0, 0.1) is 0 Å². The van der Waals surface area contributed by atoms with Gasteiger partial charge in [0.25, 0.3) is 0 Å². The van der Waals surface area contributed by atoms with Gasteiger partial charge in [-0.25, -0.2) is 15.0 Å². The Morgan fingerprint density at radius 3 is 1.65 bits per heavy atom. The average molecular weight is 665 g/mol. The first kappa shape index (κ1) is 28.7. The lowest BCUT2D eigenvalue weighted by atomic mass is 9.94. The molecule has 0 radical (unpaired) electrons. The molecule has 5 nitrogen and oxygen atoms in total. The standard InChI is InChI=1S/C47H28N4O/c1-4-13-29(14-5-1)34-24-26-41-42-35(34)23-25-38-44(42)43-37(21-12-22-40(43)52-41)51(38)39-28-33-20-11-10-19-32(33)27-36(39)47-49-45(30-15-6-2-7-16-30)48-46(50-47)31-17-8-3-9-18-31/h1-28H. The molecule has 0 saturated carbocycles. The van der Waals surface area contributed by atoms with Crippen LogP contribution >= 0.6 is 0 Å². The van der Waals surface area contributed by atoms with Crippen molar-refractivity contribution in [1.29, 1.82) is 0 Å². The highest BCUT2D eigenvalue weighted by Gasteiger charge is 2.27. The lowest BCUT2D eigenvalue weighted by molar-refractivity contribution is 0.493. The fraction of sp³-hybridized carbons (Fsp3) is 0. The predicted molar refractivity (Wildman–Crippen MR) is 211 cm³/mol. The zero-order chi connectivity index (χ0) is 34.2. The van der Waals surface area contributed by atoms with E-state index in [1.165, 1.54) is 21.9 Å². The van der Waals surface area contributed by atoms with Gasteiger partial charge < -0.3 is 9.30 Å². The van der Waals surface area contributed by atoms with Gasteiger partial charge in [-0.3, -0.25) is 0 Å². The van der Waals surface area contributed by atoms with Crippen LogP contribution in [0.25, 0.3) is 94.3 Å². The van der Waals surface area contributed by atoms with Gasteiger partial charge in [-0.1, -0.05) is 133 Å². The summed E-state index contributed by atoms with van der Waals surface area (Å²) in [7, 11) is 0. The summed E-state index contributed by atoms with van der Waals surface area (Å²) < 4.78 is 9.07. The van der Waals surface area contributed by atoms with Crippen molar-refractivity contribution in [3.63, 3.8) is 0 Å². The Balaban J connectivity index is 1.25. The molecule has 0 unspecified atom stereocenters. The highest BCUT2D eigenvalue weighted by atomic mass is 16.5. The molecule has 1 aliphatic heterocycles. The molecular formula is C47H28N4O. The van der Waals surface area contributed by atoms with E-state index in [-0.39, 0.29) is 0 Å². The number of hydrogen-bond acceptors (Lipinski definition) is 4. The van der Waals surface area contributed by atoms with Crippen molar-refractivity contribution in [3.8, 4) is 62.5 Å². The second-order valence-corrected chi connectivity index (χ2v) is 13.2. The first-order chi connectivity index (χ1) is 25.8. The van der Waals surface area contributed by atoms with Gasteiger partial charge in [0, 0.05) is 27.5 Å². The molecule has 0 bridgehead atoms. The molecule has 52 heavy (non-hydrogen) atoms. The molecule has 0 amide bonds. The predicted octanol–water partition coefficient (Wildman–Crippen LogP) is 12.0. The van der Waals surface area contributed by atoms with Gasteiger partial charge in [0.2, 0.25) is 0 Å². The van der Waals surface area contributed by atoms with E-state index in [0.717, 1.165) is 66.5 Å². The number of nitrogens with zero attached hydrogens (tertiary/aromatic N) is 4. The summed E-state index contributed by atoms with van der Waals surface area (Å²) in [6.45, 7) is 0. The van der Waals surface area contributed by atoms with Crippen LogP contribution in [0.2, 0.25) is 0 Å². The maximum atomic E-state index is 6.69. The van der Waals surface area contributed by atoms with Gasteiger partial charge in [-0.15, -0.1) is 0 Å². The van der Waals surface area contributed by atoms with E-state index in [4.69, 9.17) is 19.7 Å². The minimum atomic E-state index is 0.610. The fourth-order valence-corrected chi connectivity index (χ4v) is 7.87. The number of hydrogen-bond donors (Lipinski definition) is 0. The van der Waals surface area contributed by atoms with Gasteiger partial charge in [-0.05, 0) is 63.7 Å². The molecule has 10 aromatic rings. The van der Waals surface area contributed by atoms with Crippen LogP contribution in [-0.2, 0) is 0 Å². The van der Waals surface area contributed by atoms with Gasteiger partial charge in [-0.2, -0.15) is 0 Å². The second kappa shape index (κ2) is 11.2. The second-order valence-electron chi connectivity index (χ2n) is 13.2. The first-order valence-electron chi connectivity index (χ1n) is 17.5. The molecule has 8 aromatic carbocycles. The fourth-order valence-electron chi connectivity index (χ4n) is 7.87. The van der Waals surface area contributed by atoms with E-state index in [9.17, 15) is 0 Å². The molecule has 1 aliphatic rings. The van der Waals surface area contributed by atoms with Crippen LogP contribution in [0.1, 0.15) is 0 Å². The quantitative estimate of drug-likeness (QED) is 0.184. The number of ether oxygens (including phenoxy) is 1. The summed E-state index contributed by atoms with van der Waals surface area (Å²) in [4.78, 5) is 15.4. The van der Waals surface area contributed by atoms with Crippen molar-refractivity contribution in [2.24, 2.45) is 0 Å². The molecule has 0 N–H and O–H groups in total. The van der Waals surface area contributed by atoms with Crippen LogP contribution in [0.3, 0.4) is 0 Å². The van der Waals surface area contributed by atoms with E-state index in [1.54, 1.807) is 0 Å². The third-order valence-electron chi connectivity index (χ3n) is 10.2. The molecule has 3 heterocycles. The first-order valence-corrected chi connectivity index (χ1v) is 17.5. The number of aromatic nitrogens is 4. The summed E-state index contributed by atoms with van der Waals surface area (Å²) in [6, 6.07) is 59.0. The van der Waals surface area contributed by atoms with Gasteiger partial charge in [0.15, 0.2) is 17.5 Å². The number of rotatable bonds is 5. The Labute approximate surface area is 299 Å². The topological polar surface area (TPSA) is 52.8 Å². The SMILES string of the molecule is c1ccc(-c2nc(-c3ccccc3)nc(-c3cc4ccccc4cc3-n3c4cccc5c4c4c6c(ccc(-c7ccccc7)c6ccc43)O5)n2)cc1. The van der Waals surface area contributed by atoms with E-state index in [2.05, 4.69) is 114 Å². The van der Waals surface area contributed by atoms with Crippen molar-refractivity contribution in [2.45, 2.75) is 0 Å². The normalized spacial score (nSPS) is 12.0. The molecular weight excluding hydrogens is 637 g/mol. The maximum absolute atomic E-state index is 6.69. The minimum Gasteiger partial charge on any atom is -0.456 e. The molecule has 0 fully saturated rings. The summed E-state index contributed by atoms with van der Waals surface area (Å²) in [5.74, 6) is 3.59. The largest absolute Gasteiger partial charge is 0.456 e. The van der Waals surface area contributed by atoms with Crippen molar-refractivity contribution in [2.75, 3.05) is 0 Å². The average Bonchev–Trinajstić information content (AvgIpc) is 3.56. The van der Waals surface area contributed by atoms with E-state index < -0.39 is 0 Å². The zero-order valence-electron chi connectivity index (χ0n) is 27.9. The van der Waals surface area contributed by atoms with Crippen LogP contribution in [-0.4, -0.2) is 19.5 Å². The van der Waals surface area contributed by atoms with E-state index in [0.29, 0.717) is 17.5 Å². The third-order valence-corrected chi connectivity index (χ3v) is 10.2. The van der Waals surface area contributed by atoms with Crippen LogP contribution < -0.4 is 4.74 Å². The maximum Gasteiger partial charge on any atom is 0.166 e. The smallest absolute Gasteiger partial charge is 0.166 e. The minimum absolute atomic E-state index is 0.610. The molecule has 5 heteroatoms. The summed E-state index contributed by atoms with van der Waals surface area (Å²) >= 11 is 0. The van der Waals surface area contributed by atoms with Gasteiger partial charge >= 0.3 is 0 Å². The highest BCUT2D eigenvalue weighted by molar-refractivity contribution is 6.27. The molecule has 242 valence electrons. The summed E-state index contributed by atoms with van der Waals surface area (Å²) in [6.07, 6.45) is 0. The summed E-state index contributed by atoms with van der Waals surface area (Å²) in [5.41, 5.74) is 8.29. The molecule has 0 aliphatic carbocycles. The van der Waals surface area contributed by atoms with Gasteiger partial charge in [0.05, 0.1) is 22.1 Å². The Bertz CT molecular complexity index is 2970. The monoisotopic (exact) mass is 664 g/mol. The molecule has 0 spiro atoms. The Morgan fingerprint density at radius 2 is 0.962 bits per heavy atom. The van der Waals surface area contributed by atoms with Crippen molar-refractivity contribution < 1.29 is 4.74 Å². The van der Waals surface area contributed by atoms with E-state index >= 15 is 0 Å². The van der Waals surface area contributed by atoms with Crippen LogP contribution in [0.4, 0.5) is 0 Å². The molecule has 2 aromatic heterocycles. The van der Waals surface area contributed by atoms with E-state index in [1.807, 2.05) is 60.7 Å². The van der Waals surface area contributed by atoms with Crippen molar-refractivity contribution in [3.05, 3.63) is 170 Å². The Hall–Kier alpha value is -7.11. The van der Waals surface area contributed by atoms with Crippen LogP contribution in [0.5, 0.6) is 11.5 Å². The number of benzene rings is 8. The zero-order valence-corrected chi connectivity index (χ0v) is 27.9. The molecule has 0 atom stereocenters. The molecule has 11 rings (SSSR count). The van der Waals surface area contributed by atoms with Crippen molar-refractivity contribution >= 4 is 43.4 Å². The number of fused-ring (bicyclic) bond motifs is 1. The van der Waals surface area contributed by atoms with Crippen molar-refractivity contribution in [1.82, 2.24) is 19.5 Å². The highest BCUT2D eigenvalue weighted by Crippen LogP contribution is 2.51.